The van der Waals surface area contributed by atoms with E-state index in [9.17, 15) is 0 Å². The molecule has 1 unspecified atom stereocenters. The minimum atomic E-state index is 0.723. The fraction of sp³-hybridized carbons (Fsp3) is 0.375. The Labute approximate surface area is 113 Å². The molecule has 0 saturated carbocycles. The largest absolute Gasteiger partial charge is 0.312 e. The van der Waals surface area contributed by atoms with E-state index in [1.54, 1.807) is 5.56 Å². The molecule has 0 aliphatic heterocycles. The normalized spacial score (nSPS) is 17.3. The van der Waals surface area contributed by atoms with E-state index in [2.05, 4.69) is 49.5 Å². The topological polar surface area (TPSA) is 12.0 Å². The quantitative estimate of drug-likeness (QED) is 0.878. The first-order valence-corrected chi connectivity index (χ1v) is 7.40. The molecule has 1 aromatic heterocycles. The summed E-state index contributed by atoms with van der Waals surface area (Å²) in [6.45, 7) is 6.51. The zero-order valence-electron chi connectivity index (χ0n) is 11.0. The maximum absolute atomic E-state index is 3.61. The van der Waals surface area contributed by atoms with E-state index in [-0.39, 0.29) is 0 Å². The number of hydrogen-bond donors (Lipinski definition) is 1. The second-order valence-electron chi connectivity index (χ2n) is 5.17. The van der Waals surface area contributed by atoms with Crippen LogP contribution in [0.1, 0.15) is 32.4 Å². The smallest absolute Gasteiger partial charge is 0.0216 e. The minimum absolute atomic E-state index is 0.723. The Morgan fingerprint density at radius 2 is 2.11 bits per heavy atom. The molecule has 0 fully saturated rings. The van der Waals surface area contributed by atoms with Crippen LogP contribution in [0.5, 0.6) is 0 Å². The molecule has 1 aliphatic rings. The van der Waals surface area contributed by atoms with E-state index in [4.69, 9.17) is 0 Å². The monoisotopic (exact) mass is 257 g/mol. The van der Waals surface area contributed by atoms with Crippen molar-refractivity contribution in [2.24, 2.45) is 0 Å². The molecule has 0 amide bonds. The molecule has 1 aliphatic carbocycles. The summed E-state index contributed by atoms with van der Waals surface area (Å²) in [5.74, 6) is 0.723. The maximum atomic E-state index is 3.61. The molecule has 1 atom stereocenters. The van der Waals surface area contributed by atoms with Crippen LogP contribution in [-0.2, 0) is 13.0 Å². The molecule has 1 nitrogen and oxygen atoms in total. The Balaban J connectivity index is 1.54. The summed E-state index contributed by atoms with van der Waals surface area (Å²) in [6.07, 6.45) is 1.24. The predicted octanol–water partition coefficient (Wildman–Crippen LogP) is 3.79. The number of benzene rings is 1. The molecule has 0 radical (unpaired) electrons. The molecule has 0 spiro atoms. The summed E-state index contributed by atoms with van der Waals surface area (Å²) in [5.41, 5.74) is 4.54. The van der Waals surface area contributed by atoms with Crippen molar-refractivity contribution in [1.82, 2.24) is 5.32 Å². The van der Waals surface area contributed by atoms with Gasteiger partial charge in [-0.15, -0.1) is 11.3 Å². The fourth-order valence-corrected chi connectivity index (χ4v) is 3.73. The Kier molecular flexibility index (Phi) is 3.23. The first-order valence-electron chi connectivity index (χ1n) is 6.58. The van der Waals surface area contributed by atoms with Gasteiger partial charge in [-0.25, -0.2) is 0 Å². The molecule has 2 heteroatoms. The van der Waals surface area contributed by atoms with Crippen LogP contribution in [0.25, 0.3) is 0 Å². The molecule has 2 aromatic rings. The van der Waals surface area contributed by atoms with Gasteiger partial charge < -0.3 is 5.32 Å². The van der Waals surface area contributed by atoms with Gasteiger partial charge in [-0.1, -0.05) is 24.3 Å². The van der Waals surface area contributed by atoms with Gasteiger partial charge in [-0.2, -0.15) is 0 Å². The van der Waals surface area contributed by atoms with Gasteiger partial charge in [-0.05, 0) is 43.0 Å². The van der Waals surface area contributed by atoms with Crippen molar-refractivity contribution >= 4 is 11.3 Å². The Hall–Kier alpha value is -1.12. The SMILES string of the molecule is Cc1cc(CNCC2Cc3ccccc32)c(C)s1. The number of thiophene rings is 1. The number of hydrogen-bond acceptors (Lipinski definition) is 2. The van der Waals surface area contributed by atoms with Crippen LogP contribution in [0.15, 0.2) is 30.3 Å². The highest BCUT2D eigenvalue weighted by atomic mass is 32.1. The van der Waals surface area contributed by atoms with E-state index in [0.29, 0.717) is 0 Å². The van der Waals surface area contributed by atoms with Gasteiger partial charge in [0.2, 0.25) is 0 Å². The zero-order chi connectivity index (χ0) is 12.5. The third kappa shape index (κ3) is 2.23. The summed E-state index contributed by atoms with van der Waals surface area (Å²) in [6, 6.07) is 11.1. The standard InChI is InChI=1S/C16H19NS/c1-11-7-14(12(2)18-11)9-17-10-15-8-13-5-3-4-6-16(13)15/h3-7,15,17H,8-10H2,1-2H3. The van der Waals surface area contributed by atoms with E-state index in [0.717, 1.165) is 19.0 Å². The highest BCUT2D eigenvalue weighted by molar-refractivity contribution is 7.12. The highest BCUT2D eigenvalue weighted by Gasteiger charge is 2.24. The van der Waals surface area contributed by atoms with Crippen LogP contribution in [-0.4, -0.2) is 6.54 Å². The Morgan fingerprint density at radius 1 is 1.28 bits per heavy atom. The summed E-state index contributed by atoms with van der Waals surface area (Å²) < 4.78 is 0. The molecule has 1 N–H and O–H groups in total. The van der Waals surface area contributed by atoms with Crippen molar-refractivity contribution in [2.75, 3.05) is 6.54 Å². The number of fused-ring (bicyclic) bond motifs is 1. The Bertz CT molecular complexity index is 556. The van der Waals surface area contributed by atoms with Gasteiger partial charge >= 0.3 is 0 Å². The van der Waals surface area contributed by atoms with Crippen LogP contribution in [0.4, 0.5) is 0 Å². The average molecular weight is 257 g/mol. The molecule has 94 valence electrons. The van der Waals surface area contributed by atoms with E-state index < -0.39 is 0 Å². The molecular weight excluding hydrogens is 238 g/mol. The van der Waals surface area contributed by atoms with Gasteiger partial charge in [0.25, 0.3) is 0 Å². The summed E-state index contributed by atoms with van der Waals surface area (Å²) >= 11 is 1.90. The van der Waals surface area contributed by atoms with Gasteiger partial charge in [-0.3, -0.25) is 0 Å². The van der Waals surface area contributed by atoms with Crippen LogP contribution in [0.2, 0.25) is 0 Å². The van der Waals surface area contributed by atoms with Gasteiger partial charge in [0.15, 0.2) is 0 Å². The van der Waals surface area contributed by atoms with Crippen LogP contribution in [0, 0.1) is 13.8 Å². The minimum Gasteiger partial charge on any atom is -0.312 e. The van der Waals surface area contributed by atoms with Crippen molar-refractivity contribution in [3.05, 3.63) is 56.8 Å². The zero-order valence-corrected chi connectivity index (χ0v) is 11.8. The summed E-state index contributed by atoms with van der Waals surface area (Å²) in [5, 5.41) is 3.61. The molecule has 1 aromatic carbocycles. The van der Waals surface area contributed by atoms with Gasteiger partial charge in [0.05, 0.1) is 0 Å². The second kappa shape index (κ2) is 4.87. The summed E-state index contributed by atoms with van der Waals surface area (Å²) in [4.78, 5) is 2.87. The second-order valence-corrected chi connectivity index (χ2v) is 6.63. The third-order valence-electron chi connectivity index (χ3n) is 3.81. The van der Waals surface area contributed by atoms with E-state index in [1.807, 2.05) is 11.3 Å². The Morgan fingerprint density at radius 3 is 2.83 bits per heavy atom. The number of nitrogens with one attached hydrogen (secondary N) is 1. The molecule has 18 heavy (non-hydrogen) atoms. The average Bonchev–Trinajstić information content (AvgIpc) is 2.64. The third-order valence-corrected chi connectivity index (χ3v) is 4.82. The fourth-order valence-electron chi connectivity index (χ4n) is 2.78. The van der Waals surface area contributed by atoms with Crippen molar-refractivity contribution < 1.29 is 0 Å². The van der Waals surface area contributed by atoms with Crippen LogP contribution in [0.3, 0.4) is 0 Å². The van der Waals surface area contributed by atoms with Crippen molar-refractivity contribution in [1.29, 1.82) is 0 Å². The van der Waals surface area contributed by atoms with Gasteiger partial charge in [0.1, 0.15) is 0 Å². The number of aryl methyl sites for hydroxylation is 2. The van der Waals surface area contributed by atoms with E-state index >= 15 is 0 Å². The lowest BCUT2D eigenvalue weighted by molar-refractivity contribution is 0.535. The molecule has 1 heterocycles. The van der Waals surface area contributed by atoms with Crippen LogP contribution < -0.4 is 5.32 Å². The van der Waals surface area contributed by atoms with E-state index in [1.165, 1.54) is 27.3 Å². The lowest BCUT2D eigenvalue weighted by Crippen LogP contribution is -2.28. The molecular formula is C16H19NS. The molecule has 0 saturated heterocycles. The number of rotatable bonds is 4. The lowest BCUT2D eigenvalue weighted by Gasteiger charge is -2.30. The van der Waals surface area contributed by atoms with Crippen molar-refractivity contribution in [2.45, 2.75) is 32.7 Å². The first kappa shape index (κ1) is 11.9. The maximum Gasteiger partial charge on any atom is 0.0216 e. The lowest BCUT2D eigenvalue weighted by atomic mass is 9.77. The van der Waals surface area contributed by atoms with Crippen molar-refractivity contribution in [3.63, 3.8) is 0 Å². The molecule has 3 rings (SSSR count). The molecule has 0 bridgehead atoms. The van der Waals surface area contributed by atoms with Crippen molar-refractivity contribution in [3.8, 4) is 0 Å². The highest BCUT2D eigenvalue weighted by Crippen LogP contribution is 2.34. The predicted molar refractivity (Wildman–Crippen MR) is 78.4 cm³/mol. The first-order chi connectivity index (χ1) is 8.74. The summed E-state index contributed by atoms with van der Waals surface area (Å²) in [7, 11) is 0. The van der Waals surface area contributed by atoms with Gasteiger partial charge in [0, 0.05) is 28.8 Å². The van der Waals surface area contributed by atoms with Crippen LogP contribution >= 0.6 is 11.3 Å².